The molecule has 0 aromatic carbocycles. The number of nitrogens with zero attached hydrogens (tertiary/aromatic N) is 4. The highest BCUT2D eigenvalue weighted by Crippen LogP contribution is 2.29. The van der Waals surface area contributed by atoms with Crippen LogP contribution >= 0.6 is 35.7 Å². The van der Waals surface area contributed by atoms with Gasteiger partial charge in [-0.2, -0.15) is 16.9 Å². The zero-order chi connectivity index (χ0) is 13.9. The van der Waals surface area contributed by atoms with Crippen molar-refractivity contribution in [3.8, 4) is 0 Å². The van der Waals surface area contributed by atoms with E-state index in [0.29, 0.717) is 4.75 Å². The summed E-state index contributed by atoms with van der Waals surface area (Å²) in [5.74, 6) is 2.14. The fourth-order valence-electron chi connectivity index (χ4n) is 2.27. The van der Waals surface area contributed by atoms with Crippen molar-refractivity contribution < 1.29 is 0 Å². The number of thioether (sulfide) groups is 1. The van der Waals surface area contributed by atoms with E-state index < -0.39 is 0 Å². The number of hydrogen-bond donors (Lipinski definition) is 1. The molecule has 5 nitrogen and oxygen atoms in total. The van der Waals surface area contributed by atoms with Gasteiger partial charge in [0.2, 0.25) is 0 Å². The Hall–Kier alpha value is -0.440. The molecule has 0 atom stereocenters. The lowest BCUT2D eigenvalue weighted by Crippen LogP contribution is -2.50. The molecule has 1 fully saturated rings. The van der Waals surface area contributed by atoms with Gasteiger partial charge in [0.15, 0.2) is 5.96 Å². The summed E-state index contributed by atoms with van der Waals surface area (Å²) < 4.78 is 2.12. The van der Waals surface area contributed by atoms with E-state index >= 15 is 0 Å². The van der Waals surface area contributed by atoms with Crippen LogP contribution in [0.15, 0.2) is 17.4 Å². The molecule has 0 bridgehead atoms. The van der Waals surface area contributed by atoms with Crippen LogP contribution in [-0.4, -0.2) is 51.3 Å². The van der Waals surface area contributed by atoms with Crippen molar-refractivity contribution in [2.75, 3.05) is 25.9 Å². The first-order chi connectivity index (χ1) is 9.00. The molecule has 0 aliphatic carbocycles. The van der Waals surface area contributed by atoms with Crippen molar-refractivity contribution in [2.24, 2.45) is 12.0 Å². The topological polar surface area (TPSA) is 45.5 Å². The van der Waals surface area contributed by atoms with Gasteiger partial charge in [-0.15, -0.1) is 24.0 Å². The summed E-state index contributed by atoms with van der Waals surface area (Å²) in [5.41, 5.74) is 1.18. The lowest BCUT2D eigenvalue weighted by Gasteiger charge is -2.39. The minimum Gasteiger partial charge on any atom is -0.352 e. The van der Waals surface area contributed by atoms with Crippen LogP contribution in [0, 0.1) is 0 Å². The van der Waals surface area contributed by atoms with Gasteiger partial charge in [0, 0.05) is 56.0 Å². The molecule has 1 aliphatic heterocycles. The van der Waals surface area contributed by atoms with E-state index in [1.165, 1.54) is 5.56 Å². The first kappa shape index (κ1) is 17.6. The molecule has 1 aromatic rings. The lowest BCUT2D eigenvalue weighted by atomic mass is 10.2. The van der Waals surface area contributed by atoms with Crippen molar-refractivity contribution in [1.82, 2.24) is 20.0 Å². The molecule has 0 saturated carbocycles. The molecule has 2 rings (SSSR count). The summed E-state index contributed by atoms with van der Waals surface area (Å²) in [6.07, 6.45) is 3.91. The minimum absolute atomic E-state index is 0. The van der Waals surface area contributed by atoms with Crippen LogP contribution < -0.4 is 5.32 Å². The molecular weight excluding hydrogens is 385 g/mol. The Kier molecular flexibility index (Phi) is 6.63. The van der Waals surface area contributed by atoms with Crippen LogP contribution in [0.4, 0.5) is 0 Å². The van der Waals surface area contributed by atoms with Crippen LogP contribution in [0.1, 0.15) is 19.4 Å². The molecule has 114 valence electrons. The molecule has 0 unspecified atom stereocenters. The predicted octanol–water partition coefficient (Wildman–Crippen LogP) is 1.94. The lowest BCUT2D eigenvalue weighted by molar-refractivity contribution is 0.375. The molecule has 0 radical (unpaired) electrons. The highest BCUT2D eigenvalue weighted by atomic mass is 127. The Bertz CT molecular complexity index is 457. The molecule has 1 aromatic heterocycles. The number of halogens is 1. The summed E-state index contributed by atoms with van der Waals surface area (Å²) >= 11 is 2.03. The third-order valence-corrected chi connectivity index (χ3v) is 4.44. The third kappa shape index (κ3) is 4.83. The van der Waals surface area contributed by atoms with Gasteiger partial charge >= 0.3 is 0 Å². The van der Waals surface area contributed by atoms with Crippen molar-refractivity contribution >= 4 is 41.7 Å². The number of hydrogen-bond acceptors (Lipinski definition) is 3. The Morgan fingerprint density at radius 2 is 2.30 bits per heavy atom. The normalized spacial score (nSPS) is 18.6. The van der Waals surface area contributed by atoms with Gasteiger partial charge in [-0.1, -0.05) is 0 Å². The minimum atomic E-state index is 0. The quantitative estimate of drug-likeness (QED) is 0.461. The standard InChI is InChI=1S/C13H23N5S.HI/c1-13(2)10-18(5-6-19-13)12(14-3)15-7-11-8-16-17(4)9-11;/h8-9H,5-7,10H2,1-4H3,(H,14,15);1H. The molecule has 1 saturated heterocycles. The van der Waals surface area contributed by atoms with Gasteiger partial charge in [0.05, 0.1) is 6.20 Å². The average molecular weight is 409 g/mol. The van der Waals surface area contributed by atoms with Crippen molar-refractivity contribution in [1.29, 1.82) is 0 Å². The van der Waals surface area contributed by atoms with Gasteiger partial charge in [0.1, 0.15) is 0 Å². The van der Waals surface area contributed by atoms with Gasteiger partial charge in [-0.3, -0.25) is 9.67 Å². The highest BCUT2D eigenvalue weighted by Gasteiger charge is 2.28. The summed E-state index contributed by atoms with van der Waals surface area (Å²) in [4.78, 5) is 6.73. The summed E-state index contributed by atoms with van der Waals surface area (Å²) in [5, 5.41) is 7.60. The van der Waals surface area contributed by atoms with Crippen LogP contribution in [0.25, 0.3) is 0 Å². The SMILES string of the molecule is CN=C(NCc1cnn(C)c1)N1CCSC(C)(C)C1.I. The Labute approximate surface area is 142 Å². The number of rotatable bonds is 2. The molecule has 2 heterocycles. The molecule has 0 spiro atoms. The van der Waals surface area contributed by atoms with Crippen molar-refractivity contribution in [2.45, 2.75) is 25.1 Å². The van der Waals surface area contributed by atoms with E-state index in [1.54, 1.807) is 0 Å². The van der Waals surface area contributed by atoms with E-state index in [0.717, 1.165) is 31.3 Å². The van der Waals surface area contributed by atoms with E-state index in [2.05, 4.69) is 34.2 Å². The van der Waals surface area contributed by atoms with Crippen LogP contribution in [0.5, 0.6) is 0 Å². The Balaban J connectivity index is 0.00000200. The zero-order valence-corrected chi connectivity index (χ0v) is 15.7. The van der Waals surface area contributed by atoms with Crippen LogP contribution in [-0.2, 0) is 13.6 Å². The predicted molar refractivity (Wildman–Crippen MR) is 96.9 cm³/mol. The fourth-order valence-corrected chi connectivity index (χ4v) is 3.39. The Morgan fingerprint density at radius 3 is 2.85 bits per heavy atom. The van der Waals surface area contributed by atoms with Crippen LogP contribution in [0.2, 0.25) is 0 Å². The second-order valence-electron chi connectivity index (χ2n) is 5.45. The van der Waals surface area contributed by atoms with E-state index in [-0.39, 0.29) is 24.0 Å². The first-order valence-electron chi connectivity index (χ1n) is 6.57. The third-order valence-electron chi connectivity index (χ3n) is 3.15. The number of aryl methyl sites for hydroxylation is 1. The van der Waals surface area contributed by atoms with Crippen molar-refractivity contribution in [3.63, 3.8) is 0 Å². The molecular formula is C13H24IN5S. The maximum absolute atomic E-state index is 4.39. The fraction of sp³-hybridized carbons (Fsp3) is 0.692. The maximum atomic E-state index is 4.39. The average Bonchev–Trinajstić information content (AvgIpc) is 2.75. The maximum Gasteiger partial charge on any atom is 0.193 e. The summed E-state index contributed by atoms with van der Waals surface area (Å²) in [7, 11) is 3.78. The van der Waals surface area contributed by atoms with Crippen LogP contribution in [0.3, 0.4) is 0 Å². The first-order valence-corrected chi connectivity index (χ1v) is 7.56. The highest BCUT2D eigenvalue weighted by molar-refractivity contribution is 14.0. The zero-order valence-electron chi connectivity index (χ0n) is 12.6. The monoisotopic (exact) mass is 409 g/mol. The number of guanidine groups is 1. The molecule has 1 N–H and O–H groups in total. The van der Waals surface area contributed by atoms with Crippen molar-refractivity contribution in [3.05, 3.63) is 18.0 Å². The van der Waals surface area contributed by atoms with Gasteiger partial charge in [0.25, 0.3) is 0 Å². The molecule has 1 aliphatic rings. The molecule has 0 amide bonds. The Morgan fingerprint density at radius 1 is 1.55 bits per heavy atom. The number of nitrogens with one attached hydrogen (secondary N) is 1. The number of aliphatic imine (C=N–C) groups is 1. The molecule has 7 heteroatoms. The van der Waals surface area contributed by atoms with E-state index in [4.69, 9.17) is 0 Å². The largest absolute Gasteiger partial charge is 0.352 e. The number of aromatic nitrogens is 2. The second kappa shape index (κ2) is 7.53. The van der Waals surface area contributed by atoms with Gasteiger partial charge in [-0.05, 0) is 13.8 Å². The van der Waals surface area contributed by atoms with Gasteiger partial charge in [-0.25, -0.2) is 0 Å². The second-order valence-corrected chi connectivity index (χ2v) is 7.25. The van der Waals surface area contributed by atoms with E-state index in [9.17, 15) is 0 Å². The smallest absolute Gasteiger partial charge is 0.193 e. The summed E-state index contributed by atoms with van der Waals surface area (Å²) in [6.45, 7) is 7.44. The van der Waals surface area contributed by atoms with Gasteiger partial charge < -0.3 is 10.2 Å². The van der Waals surface area contributed by atoms with E-state index in [1.807, 2.05) is 42.9 Å². The molecule has 20 heavy (non-hydrogen) atoms. The summed E-state index contributed by atoms with van der Waals surface area (Å²) in [6, 6.07) is 0.